The van der Waals surface area contributed by atoms with Gasteiger partial charge in [-0.05, 0) is 6.07 Å². The number of hydrogen-bond acceptors (Lipinski definition) is 3. The number of rotatable bonds is 3. The number of piperazine rings is 1. The third-order valence-electron chi connectivity index (χ3n) is 6.24. The molecule has 8 heteroatoms. The minimum atomic E-state index is -1.26. The zero-order chi connectivity index (χ0) is 21.0. The number of hydrogen-bond donors (Lipinski definition) is 4. The molecule has 0 radical (unpaired) electrons. The summed E-state index contributed by atoms with van der Waals surface area (Å²) in [7, 11) is 2.13. The summed E-state index contributed by atoms with van der Waals surface area (Å²) in [5.41, 5.74) is 2.23. The average Bonchev–Trinajstić information content (AvgIpc) is 2.71. The Hall–Kier alpha value is -2.52. The van der Waals surface area contributed by atoms with Crippen molar-refractivity contribution in [1.29, 1.82) is 0 Å². The Morgan fingerprint density at radius 1 is 1.10 bits per heavy atom. The molecule has 30 heavy (non-hydrogen) atoms. The van der Waals surface area contributed by atoms with Crippen LogP contribution in [0, 0.1) is 5.82 Å². The van der Waals surface area contributed by atoms with Gasteiger partial charge in [-0.15, -0.1) is 0 Å². The standard InChI is InChI=1S/C22H20FN3O3S/c1-24-7-9-25(10-8-24)17-12-16-14(11-15(17)23)19(27)18(22(28)29)21-26(16)20(30-21)13-5-3-2-4-6-13/h2-6,11-12,20H,7-10H2,1H3,(H,28,29)/p+3. The predicted molar refractivity (Wildman–Crippen MR) is 110 cm³/mol. The Morgan fingerprint density at radius 3 is 2.47 bits per heavy atom. The summed E-state index contributed by atoms with van der Waals surface area (Å²) in [5, 5.41) is 10.1. The number of fused-ring (bicyclic) bond motifs is 3. The first kappa shape index (κ1) is 19.4. The molecule has 0 aliphatic carbocycles. The average molecular weight is 429 g/mol. The number of likely N-dealkylation sites (N-methyl/N-ethyl adjacent to an activating group) is 1. The maximum Gasteiger partial charge on any atom is 0.346 e. The first-order chi connectivity index (χ1) is 14.5. The second-order valence-corrected chi connectivity index (χ2v) is 9.21. The summed E-state index contributed by atoms with van der Waals surface area (Å²) >= 11 is 1.40. The number of carboxylic acid groups (broad SMARTS) is 1. The third kappa shape index (κ3) is 2.99. The van der Waals surface area contributed by atoms with Gasteiger partial charge in [0.25, 0.3) is 0 Å². The van der Waals surface area contributed by atoms with Gasteiger partial charge in [-0.3, -0.25) is 9.69 Å². The van der Waals surface area contributed by atoms with E-state index < -0.39 is 17.6 Å². The highest BCUT2D eigenvalue weighted by Crippen LogP contribution is 2.44. The summed E-state index contributed by atoms with van der Waals surface area (Å²) in [6.45, 7) is 3.56. The lowest BCUT2D eigenvalue weighted by Gasteiger charge is -2.41. The fourth-order valence-electron chi connectivity index (χ4n) is 4.56. The number of aliphatic carboxylic acids is 1. The molecule has 154 valence electrons. The summed E-state index contributed by atoms with van der Waals surface area (Å²) in [6.07, 6.45) is 0. The number of halogens is 1. The van der Waals surface area contributed by atoms with Gasteiger partial charge in [0.15, 0.2) is 33.2 Å². The van der Waals surface area contributed by atoms with Gasteiger partial charge in [0.2, 0.25) is 5.78 Å². The molecule has 0 bridgehead atoms. The Bertz CT molecular complexity index is 1080. The topological polar surface area (TPSA) is 67.7 Å². The highest BCUT2D eigenvalue weighted by atomic mass is 32.2. The molecule has 3 aliphatic heterocycles. The van der Waals surface area contributed by atoms with Crippen LogP contribution in [0.1, 0.15) is 21.3 Å². The van der Waals surface area contributed by atoms with Crippen molar-refractivity contribution in [2.24, 2.45) is 0 Å². The molecule has 0 saturated carbocycles. The van der Waals surface area contributed by atoms with Gasteiger partial charge >= 0.3 is 5.97 Å². The number of benzene rings is 2. The van der Waals surface area contributed by atoms with Gasteiger partial charge in [-0.1, -0.05) is 30.3 Å². The molecule has 0 amide bonds. The van der Waals surface area contributed by atoms with E-state index in [-0.39, 0.29) is 16.5 Å². The van der Waals surface area contributed by atoms with Gasteiger partial charge in [-0.25, -0.2) is 14.1 Å². The second-order valence-electron chi connectivity index (χ2n) is 8.10. The molecule has 2 aromatic carbocycles. The van der Waals surface area contributed by atoms with E-state index in [1.54, 1.807) is 6.07 Å². The molecule has 2 fully saturated rings. The van der Waals surface area contributed by atoms with Gasteiger partial charge < -0.3 is 10.0 Å². The largest absolute Gasteiger partial charge is 0.477 e. The molecule has 2 saturated heterocycles. The molecule has 2 unspecified atom stereocenters. The lowest BCUT2D eigenvalue weighted by atomic mass is 9.95. The van der Waals surface area contributed by atoms with Gasteiger partial charge in [0.05, 0.1) is 18.7 Å². The van der Waals surface area contributed by atoms with Crippen molar-refractivity contribution in [3.63, 3.8) is 0 Å². The van der Waals surface area contributed by atoms with Crippen LogP contribution in [0.2, 0.25) is 0 Å². The van der Waals surface area contributed by atoms with Crippen LogP contribution in [0.4, 0.5) is 15.8 Å². The molecular formula is C22H23FN3O3S+3. The first-order valence-electron chi connectivity index (χ1n) is 10.1. The van der Waals surface area contributed by atoms with E-state index in [2.05, 4.69) is 7.05 Å². The van der Waals surface area contributed by atoms with Crippen molar-refractivity contribution in [3.8, 4) is 0 Å². The van der Waals surface area contributed by atoms with E-state index in [0.717, 1.165) is 41.5 Å². The van der Waals surface area contributed by atoms with Crippen LogP contribution in [0.25, 0.3) is 0 Å². The first-order valence-corrected chi connectivity index (χ1v) is 10.9. The summed E-state index contributed by atoms with van der Waals surface area (Å²) in [6, 6.07) is 12.9. The fourth-order valence-corrected chi connectivity index (χ4v) is 5.91. The number of Topliss-reactive ketones (excluding diaryl/α,β-unsaturated/α-hetero) is 1. The summed E-state index contributed by atoms with van der Waals surface area (Å²) < 4.78 is 15.1. The SMILES string of the molecule is C[NH+]1CC[NH+](c2cc3c(cc2F)C(=O)C(C(=O)O)=C2SC(c4ccccc4)[NH+]23)CC1. The molecule has 0 aromatic heterocycles. The predicted octanol–water partition coefficient (Wildman–Crippen LogP) is -0.675. The molecule has 5 rings (SSSR count). The lowest BCUT2D eigenvalue weighted by Crippen LogP contribution is -3.25. The van der Waals surface area contributed by atoms with Crippen molar-refractivity contribution in [2.45, 2.75) is 5.37 Å². The highest BCUT2D eigenvalue weighted by molar-refractivity contribution is 8.04. The zero-order valence-corrected chi connectivity index (χ0v) is 17.3. The number of carbonyl (C=O) groups is 2. The zero-order valence-electron chi connectivity index (χ0n) is 16.5. The van der Waals surface area contributed by atoms with Crippen LogP contribution < -0.4 is 14.7 Å². The number of carbonyl (C=O) groups excluding carboxylic acids is 1. The Kier molecular flexibility index (Phi) is 4.74. The van der Waals surface area contributed by atoms with Crippen molar-refractivity contribution >= 4 is 34.9 Å². The van der Waals surface area contributed by atoms with Crippen LogP contribution in [0.5, 0.6) is 0 Å². The Balaban J connectivity index is 1.62. The third-order valence-corrected chi connectivity index (χ3v) is 7.65. The lowest BCUT2D eigenvalue weighted by molar-refractivity contribution is -0.975. The van der Waals surface area contributed by atoms with Crippen LogP contribution >= 0.6 is 11.8 Å². The van der Waals surface area contributed by atoms with Crippen molar-refractivity contribution in [3.05, 3.63) is 70.0 Å². The number of quaternary nitrogens is 3. The Morgan fingerprint density at radius 2 is 1.80 bits per heavy atom. The van der Waals surface area contributed by atoms with E-state index in [1.165, 1.54) is 22.7 Å². The summed E-state index contributed by atoms with van der Waals surface area (Å²) in [4.78, 5) is 28.1. The number of ketones is 1. The molecule has 0 spiro atoms. The van der Waals surface area contributed by atoms with Crippen molar-refractivity contribution in [2.75, 3.05) is 33.2 Å². The van der Waals surface area contributed by atoms with E-state index in [1.807, 2.05) is 30.3 Å². The number of thioether (sulfide) groups is 1. The second kappa shape index (κ2) is 7.31. The summed E-state index contributed by atoms with van der Waals surface area (Å²) in [5.74, 6) is -2.29. The van der Waals surface area contributed by atoms with Gasteiger partial charge in [-0.2, -0.15) is 0 Å². The van der Waals surface area contributed by atoms with E-state index in [0.29, 0.717) is 16.4 Å². The normalized spacial score (nSPS) is 27.9. The fraction of sp³-hybridized carbons (Fsp3) is 0.273. The molecule has 3 heterocycles. The minimum Gasteiger partial charge on any atom is -0.477 e. The molecule has 6 nitrogen and oxygen atoms in total. The van der Waals surface area contributed by atoms with Crippen LogP contribution in [0.3, 0.4) is 0 Å². The highest BCUT2D eigenvalue weighted by Gasteiger charge is 2.53. The van der Waals surface area contributed by atoms with Crippen LogP contribution in [-0.2, 0) is 4.79 Å². The minimum absolute atomic E-state index is 0.0624. The maximum absolute atomic E-state index is 15.1. The monoisotopic (exact) mass is 428 g/mol. The molecule has 4 N–H and O–H groups in total. The Labute approximate surface area is 177 Å². The van der Waals surface area contributed by atoms with Gasteiger partial charge in [0.1, 0.15) is 26.2 Å². The maximum atomic E-state index is 15.1. The molecular weight excluding hydrogens is 405 g/mol. The molecule has 3 aliphatic rings. The van der Waals surface area contributed by atoms with E-state index in [9.17, 15) is 14.7 Å². The molecule has 2 atom stereocenters. The quantitative estimate of drug-likeness (QED) is 0.490. The van der Waals surface area contributed by atoms with Crippen LogP contribution in [0.15, 0.2) is 53.1 Å². The van der Waals surface area contributed by atoms with Crippen molar-refractivity contribution in [1.82, 2.24) is 0 Å². The van der Waals surface area contributed by atoms with Gasteiger partial charge in [0, 0.05) is 17.3 Å². The smallest absolute Gasteiger partial charge is 0.346 e. The number of carboxylic acids is 1. The molecule has 2 aromatic rings. The van der Waals surface area contributed by atoms with Crippen LogP contribution in [-0.4, -0.2) is 50.1 Å². The van der Waals surface area contributed by atoms with E-state index >= 15 is 4.39 Å². The number of nitrogens with one attached hydrogen (secondary N) is 3. The van der Waals surface area contributed by atoms with Crippen molar-refractivity contribution < 1.29 is 33.8 Å². The van der Waals surface area contributed by atoms with E-state index in [4.69, 9.17) is 0 Å².